The average Bonchev–Trinajstić information content (AvgIpc) is 3.61. The van der Waals surface area contributed by atoms with Crippen LogP contribution in [0.3, 0.4) is 0 Å². The number of nitriles is 1. The van der Waals surface area contributed by atoms with Crippen LogP contribution in [-0.2, 0) is 15.1 Å². The maximum absolute atomic E-state index is 15.2. The Hall–Kier alpha value is -3.29. The second-order valence-corrected chi connectivity index (χ2v) is 10.9. The molecule has 2 aromatic rings. The Bertz CT molecular complexity index is 1320. The van der Waals surface area contributed by atoms with Gasteiger partial charge in [0.05, 0.1) is 36.1 Å². The van der Waals surface area contributed by atoms with Crippen molar-refractivity contribution in [1.82, 2.24) is 9.88 Å². The van der Waals surface area contributed by atoms with Crippen LogP contribution in [-0.4, -0.2) is 51.5 Å². The summed E-state index contributed by atoms with van der Waals surface area (Å²) in [5.74, 6) is -1.40. The summed E-state index contributed by atoms with van der Waals surface area (Å²) in [7, 11) is 0. The highest BCUT2D eigenvalue weighted by Crippen LogP contribution is 2.66. The Labute approximate surface area is 212 Å². The molecule has 2 aliphatic heterocycles. The lowest BCUT2D eigenvalue weighted by Gasteiger charge is -2.39. The van der Waals surface area contributed by atoms with Crippen molar-refractivity contribution in [2.45, 2.75) is 36.6 Å². The number of amides is 1. The number of rotatable bonds is 4. The Morgan fingerprint density at radius 3 is 2.89 bits per heavy atom. The first-order valence-corrected chi connectivity index (χ1v) is 12.5. The molecule has 0 spiro atoms. The average molecular weight is 510 g/mol. The summed E-state index contributed by atoms with van der Waals surface area (Å²) in [4.78, 5) is 24.1. The van der Waals surface area contributed by atoms with Gasteiger partial charge < -0.3 is 15.4 Å². The number of hydrogen-bond donors (Lipinski definition) is 1. The van der Waals surface area contributed by atoms with E-state index in [0.29, 0.717) is 37.3 Å². The summed E-state index contributed by atoms with van der Waals surface area (Å²) in [6.45, 7) is 5.18. The topological polar surface area (TPSA) is 105 Å². The van der Waals surface area contributed by atoms with Gasteiger partial charge in [-0.2, -0.15) is 5.26 Å². The summed E-state index contributed by atoms with van der Waals surface area (Å²) < 4.78 is 34.8. The molecule has 0 bridgehead atoms. The highest BCUT2D eigenvalue weighted by atomic mass is 32.2. The van der Waals surface area contributed by atoms with Gasteiger partial charge in [0.1, 0.15) is 22.5 Å². The number of ether oxygens (including phenoxy) is 1. The maximum atomic E-state index is 15.2. The van der Waals surface area contributed by atoms with Crippen LogP contribution in [0.25, 0.3) is 11.9 Å². The van der Waals surface area contributed by atoms with Gasteiger partial charge in [-0.1, -0.05) is 17.8 Å². The molecule has 1 amide bonds. The van der Waals surface area contributed by atoms with Crippen molar-refractivity contribution in [2.24, 2.45) is 16.6 Å². The predicted molar refractivity (Wildman–Crippen MR) is 134 cm³/mol. The third-order valence-corrected chi connectivity index (χ3v) is 8.47. The minimum Gasteiger partial charge on any atom is -0.378 e. The molecule has 36 heavy (non-hydrogen) atoms. The molecule has 1 saturated carbocycles. The number of pyridine rings is 1. The van der Waals surface area contributed by atoms with E-state index in [1.807, 2.05) is 17.9 Å². The number of carbonyl (C=O) groups is 1. The fourth-order valence-corrected chi connectivity index (χ4v) is 6.60. The van der Waals surface area contributed by atoms with Gasteiger partial charge in [0.15, 0.2) is 5.17 Å². The molecular formula is C26H25F2N5O2S. The van der Waals surface area contributed by atoms with Gasteiger partial charge >= 0.3 is 0 Å². The molecule has 2 N–H and O–H groups in total. The molecule has 3 heterocycles. The van der Waals surface area contributed by atoms with Crippen LogP contribution in [0.4, 0.5) is 8.78 Å². The van der Waals surface area contributed by atoms with Crippen molar-refractivity contribution in [3.8, 4) is 6.07 Å². The van der Waals surface area contributed by atoms with Gasteiger partial charge in [0.2, 0.25) is 5.91 Å². The van der Waals surface area contributed by atoms with Crippen molar-refractivity contribution in [1.29, 1.82) is 5.26 Å². The number of carbonyl (C=O) groups excluding carboxylic acids is 1. The summed E-state index contributed by atoms with van der Waals surface area (Å²) >= 11 is 1.25. The van der Waals surface area contributed by atoms with Gasteiger partial charge in [0.25, 0.3) is 0 Å². The van der Waals surface area contributed by atoms with E-state index in [0.717, 1.165) is 0 Å². The van der Waals surface area contributed by atoms with Gasteiger partial charge in [-0.25, -0.2) is 8.78 Å². The monoisotopic (exact) mass is 509 g/mol. The van der Waals surface area contributed by atoms with E-state index in [-0.39, 0.29) is 34.3 Å². The number of aliphatic imine (C=N–C) groups is 1. The fraction of sp³-hybridized carbons (Fsp3) is 0.385. The standard InChI is InChI=1S/C26H25F2N5O2S/c1-15-14-35-8-7-33(15)23(34)26-11-22(26)25(2,32-24(30)36-26)18-9-16(3-5-19(18)27)10-20(28)21-6-4-17(12-29)13-31-21/h3-6,9-10,13,15,22H,7-8,11,14H2,1-2H3,(H2,30,32)/b20-10-/t15-,22-,25+,26-/m0/s1. The Balaban J connectivity index is 1.48. The Morgan fingerprint density at radius 1 is 1.39 bits per heavy atom. The van der Waals surface area contributed by atoms with Gasteiger partial charge in [-0.15, -0.1) is 0 Å². The zero-order valence-electron chi connectivity index (χ0n) is 19.9. The molecule has 0 radical (unpaired) electrons. The quantitative estimate of drug-likeness (QED) is 0.672. The molecule has 1 aromatic carbocycles. The second kappa shape index (κ2) is 8.98. The summed E-state index contributed by atoms with van der Waals surface area (Å²) in [5, 5.41) is 9.14. The molecule has 186 valence electrons. The molecule has 0 unspecified atom stereocenters. The minimum atomic E-state index is -1.09. The smallest absolute Gasteiger partial charge is 0.240 e. The van der Waals surface area contributed by atoms with Gasteiger partial charge in [-0.3, -0.25) is 14.8 Å². The van der Waals surface area contributed by atoms with E-state index in [4.69, 9.17) is 15.7 Å². The largest absolute Gasteiger partial charge is 0.378 e. The first-order valence-electron chi connectivity index (χ1n) is 11.6. The number of morpholine rings is 1. The lowest BCUT2D eigenvalue weighted by atomic mass is 9.84. The number of benzene rings is 1. The number of nitrogens with zero attached hydrogens (tertiary/aromatic N) is 4. The van der Waals surface area contributed by atoms with Gasteiger partial charge in [0, 0.05) is 24.2 Å². The molecule has 1 aliphatic carbocycles. The summed E-state index contributed by atoms with van der Waals surface area (Å²) in [6.07, 6.45) is 3.06. The van der Waals surface area contributed by atoms with Gasteiger partial charge in [-0.05, 0) is 56.2 Å². The summed E-state index contributed by atoms with van der Waals surface area (Å²) in [6, 6.07) is 9.06. The highest BCUT2D eigenvalue weighted by Gasteiger charge is 2.71. The van der Waals surface area contributed by atoms with E-state index >= 15 is 4.39 Å². The number of hydrogen-bond acceptors (Lipinski definition) is 7. The molecule has 1 saturated heterocycles. The summed E-state index contributed by atoms with van der Waals surface area (Å²) in [5.41, 5.74) is 6.19. The lowest BCUT2D eigenvalue weighted by Crippen LogP contribution is -2.53. The third-order valence-electron chi connectivity index (χ3n) is 7.17. The Kier molecular flexibility index (Phi) is 6.09. The zero-order valence-corrected chi connectivity index (χ0v) is 20.7. The highest BCUT2D eigenvalue weighted by molar-refractivity contribution is 8.15. The lowest BCUT2D eigenvalue weighted by molar-refractivity contribution is -0.139. The van der Waals surface area contributed by atoms with Crippen molar-refractivity contribution in [3.05, 3.63) is 64.7 Å². The van der Waals surface area contributed by atoms with Crippen molar-refractivity contribution in [3.63, 3.8) is 0 Å². The van der Waals surface area contributed by atoms with E-state index < -0.39 is 21.9 Å². The molecule has 2 fully saturated rings. The van der Waals surface area contributed by atoms with Crippen LogP contribution in [0.5, 0.6) is 0 Å². The zero-order chi connectivity index (χ0) is 25.7. The number of halogens is 2. The molecule has 7 nitrogen and oxygen atoms in total. The third kappa shape index (κ3) is 4.06. The molecule has 3 aliphatic rings. The number of nitrogens with two attached hydrogens (primary N) is 1. The van der Waals surface area contributed by atoms with Crippen molar-refractivity contribution >= 4 is 34.7 Å². The second-order valence-electron chi connectivity index (χ2n) is 9.54. The van der Waals surface area contributed by atoms with Crippen LogP contribution >= 0.6 is 11.8 Å². The van der Waals surface area contributed by atoms with Crippen LogP contribution in [0.2, 0.25) is 0 Å². The van der Waals surface area contributed by atoms with Crippen LogP contribution in [0.1, 0.15) is 42.7 Å². The fourth-order valence-electron chi connectivity index (χ4n) is 5.17. The Morgan fingerprint density at radius 2 is 2.19 bits per heavy atom. The normalized spacial score (nSPS) is 29.7. The van der Waals surface area contributed by atoms with E-state index in [2.05, 4.69) is 9.98 Å². The molecule has 4 atom stereocenters. The SMILES string of the molecule is C[C@H]1COCCN1C(=O)[C@]12C[C@H]1[C@@](C)(c1cc(/C=C(\F)c3ccc(C#N)cn3)ccc1F)N=C(N)S2. The van der Waals surface area contributed by atoms with E-state index in [1.165, 1.54) is 48.3 Å². The number of aromatic nitrogens is 1. The van der Waals surface area contributed by atoms with E-state index in [9.17, 15) is 9.18 Å². The first-order chi connectivity index (χ1) is 17.2. The molecule has 1 aromatic heterocycles. The maximum Gasteiger partial charge on any atom is 0.240 e. The van der Waals surface area contributed by atoms with Crippen LogP contribution < -0.4 is 5.73 Å². The first kappa shape index (κ1) is 24.4. The molecule has 5 rings (SSSR count). The van der Waals surface area contributed by atoms with E-state index in [1.54, 1.807) is 13.0 Å². The predicted octanol–water partition coefficient (Wildman–Crippen LogP) is 3.84. The number of thioether (sulfide) groups is 1. The molecular weight excluding hydrogens is 484 g/mol. The van der Waals surface area contributed by atoms with Crippen LogP contribution in [0.15, 0.2) is 41.5 Å². The number of fused-ring (bicyclic) bond motifs is 1. The number of amidine groups is 1. The van der Waals surface area contributed by atoms with Crippen LogP contribution in [0, 0.1) is 23.1 Å². The molecule has 10 heteroatoms. The van der Waals surface area contributed by atoms with Crippen molar-refractivity contribution < 1.29 is 18.3 Å². The van der Waals surface area contributed by atoms with Crippen molar-refractivity contribution in [2.75, 3.05) is 19.8 Å². The minimum absolute atomic E-state index is 0.0215.